The molecule has 50 heavy (non-hydrogen) atoms. The molecule has 0 aliphatic heterocycles. The predicted molar refractivity (Wildman–Crippen MR) is 217 cm³/mol. The molecule has 2 nitrogen and oxygen atoms in total. The number of hydrogen-bond acceptors (Lipinski definition) is 2. The Hall–Kier alpha value is -5.60. The van der Waals surface area contributed by atoms with E-state index in [1.807, 2.05) is 0 Å². The molecule has 0 atom stereocenters. The van der Waals surface area contributed by atoms with Crippen LogP contribution in [-0.4, -0.2) is 0 Å². The maximum atomic E-state index is 2.48. The summed E-state index contributed by atoms with van der Waals surface area (Å²) in [4.78, 5) is 4.96. The summed E-state index contributed by atoms with van der Waals surface area (Å²) in [6.45, 7) is 17.6. The van der Waals surface area contributed by atoms with Crippen molar-refractivity contribution >= 4 is 66.4 Å². The second-order valence-corrected chi connectivity index (χ2v) is 14.4. The van der Waals surface area contributed by atoms with Crippen molar-refractivity contribution in [1.82, 2.24) is 0 Å². The molecular formula is C48H44N2. The molecule has 0 spiro atoms. The standard InChI is InChI=1S/C48H44N2/c1-29-9-19-41(33(5)25-29)49(42-20-10-30(2)26-34(42)6)45-23-15-37-14-18-40-46(24-16-38-13-17-39(45)47(37)48(38)40)50(43-21-11-31(3)27-35(43)7)44-22-12-32(4)28-36(44)8/h9-28H,1-8H3. The van der Waals surface area contributed by atoms with Gasteiger partial charge in [0, 0.05) is 33.5 Å². The first-order valence-corrected chi connectivity index (χ1v) is 17.7. The summed E-state index contributed by atoms with van der Waals surface area (Å²) in [5.74, 6) is 0. The number of nitrogens with zero attached hydrogens (tertiary/aromatic N) is 2. The Morgan fingerprint density at radius 3 is 0.820 bits per heavy atom. The van der Waals surface area contributed by atoms with E-state index in [1.165, 1.54) is 111 Å². The van der Waals surface area contributed by atoms with Crippen LogP contribution in [0.1, 0.15) is 44.5 Å². The monoisotopic (exact) mass is 648 g/mol. The van der Waals surface area contributed by atoms with Crippen LogP contribution in [0.4, 0.5) is 34.1 Å². The Morgan fingerprint density at radius 1 is 0.280 bits per heavy atom. The van der Waals surface area contributed by atoms with Gasteiger partial charge in [-0.05, 0) is 136 Å². The minimum atomic E-state index is 1.19. The van der Waals surface area contributed by atoms with Gasteiger partial charge in [0.25, 0.3) is 0 Å². The molecule has 0 fully saturated rings. The van der Waals surface area contributed by atoms with Crippen molar-refractivity contribution in [2.24, 2.45) is 0 Å². The molecule has 0 heterocycles. The zero-order chi connectivity index (χ0) is 34.8. The predicted octanol–water partition coefficient (Wildman–Crippen LogP) is 14.0. The van der Waals surface area contributed by atoms with Crippen LogP contribution in [0.2, 0.25) is 0 Å². The van der Waals surface area contributed by atoms with Gasteiger partial charge in [0.15, 0.2) is 0 Å². The van der Waals surface area contributed by atoms with Gasteiger partial charge in [-0.1, -0.05) is 107 Å². The van der Waals surface area contributed by atoms with Crippen LogP contribution in [0.3, 0.4) is 0 Å². The van der Waals surface area contributed by atoms with E-state index in [0.29, 0.717) is 0 Å². The molecule has 0 unspecified atom stereocenters. The molecule has 246 valence electrons. The Morgan fingerprint density at radius 2 is 0.540 bits per heavy atom. The molecule has 0 bridgehead atoms. The molecule has 0 aromatic heterocycles. The van der Waals surface area contributed by atoms with Gasteiger partial charge in [-0.3, -0.25) is 0 Å². The van der Waals surface area contributed by atoms with Gasteiger partial charge in [-0.15, -0.1) is 0 Å². The smallest absolute Gasteiger partial charge is 0.0540 e. The van der Waals surface area contributed by atoms with E-state index in [0.717, 1.165) is 0 Å². The number of anilines is 6. The maximum Gasteiger partial charge on any atom is 0.0540 e. The van der Waals surface area contributed by atoms with E-state index >= 15 is 0 Å². The van der Waals surface area contributed by atoms with Gasteiger partial charge >= 0.3 is 0 Å². The summed E-state index contributed by atoms with van der Waals surface area (Å²) in [5, 5.41) is 7.62. The van der Waals surface area contributed by atoms with Crippen LogP contribution in [0.15, 0.2) is 121 Å². The lowest BCUT2D eigenvalue weighted by molar-refractivity contribution is 1.22. The molecule has 0 N–H and O–H groups in total. The van der Waals surface area contributed by atoms with Crippen molar-refractivity contribution in [2.45, 2.75) is 55.4 Å². The first kappa shape index (κ1) is 31.7. The lowest BCUT2D eigenvalue weighted by Gasteiger charge is -2.32. The number of hydrogen-bond donors (Lipinski definition) is 0. The van der Waals surface area contributed by atoms with Crippen LogP contribution in [0, 0.1) is 55.4 Å². The molecule has 0 radical (unpaired) electrons. The van der Waals surface area contributed by atoms with E-state index in [-0.39, 0.29) is 0 Å². The Balaban J connectivity index is 1.44. The van der Waals surface area contributed by atoms with Crippen molar-refractivity contribution in [3.8, 4) is 0 Å². The van der Waals surface area contributed by atoms with Crippen LogP contribution in [0.25, 0.3) is 32.3 Å². The fraction of sp³-hybridized carbons (Fsp3) is 0.167. The number of aryl methyl sites for hydroxylation is 8. The van der Waals surface area contributed by atoms with Gasteiger partial charge in [0.1, 0.15) is 0 Å². The maximum absolute atomic E-state index is 2.48. The SMILES string of the molecule is Cc1ccc(N(c2ccc(C)cc2C)c2ccc3ccc4c(N(c5ccc(C)cc5C)c5ccc(C)cc5C)ccc5ccc2c3c54)c(C)c1. The minimum Gasteiger partial charge on any atom is -0.309 e. The van der Waals surface area contributed by atoms with Crippen molar-refractivity contribution < 1.29 is 0 Å². The van der Waals surface area contributed by atoms with Crippen LogP contribution in [0.5, 0.6) is 0 Å². The Labute approximate surface area is 296 Å². The number of rotatable bonds is 6. The summed E-state index contributed by atoms with van der Waals surface area (Å²) in [6, 6.07) is 45.8. The minimum absolute atomic E-state index is 1.19. The third-order valence-electron chi connectivity index (χ3n) is 10.5. The highest BCUT2D eigenvalue weighted by Gasteiger charge is 2.24. The second-order valence-electron chi connectivity index (χ2n) is 14.4. The van der Waals surface area contributed by atoms with E-state index in [4.69, 9.17) is 0 Å². The quantitative estimate of drug-likeness (QED) is 0.166. The third kappa shape index (κ3) is 5.18. The van der Waals surface area contributed by atoms with E-state index in [2.05, 4.69) is 187 Å². The van der Waals surface area contributed by atoms with Gasteiger partial charge in [-0.25, -0.2) is 0 Å². The van der Waals surface area contributed by atoms with Gasteiger partial charge in [0.2, 0.25) is 0 Å². The zero-order valence-electron chi connectivity index (χ0n) is 30.4. The van der Waals surface area contributed by atoms with Crippen LogP contribution >= 0.6 is 0 Å². The van der Waals surface area contributed by atoms with Gasteiger partial charge in [0.05, 0.1) is 11.4 Å². The third-order valence-corrected chi connectivity index (χ3v) is 10.5. The molecule has 8 aromatic rings. The van der Waals surface area contributed by atoms with Gasteiger partial charge < -0.3 is 9.80 Å². The molecule has 8 rings (SSSR count). The van der Waals surface area contributed by atoms with Crippen LogP contribution in [-0.2, 0) is 0 Å². The molecule has 2 heteroatoms. The summed E-state index contributed by atoms with van der Waals surface area (Å²) < 4.78 is 0. The lowest BCUT2D eigenvalue weighted by atomic mass is 9.91. The second kappa shape index (κ2) is 12.1. The highest BCUT2D eigenvalue weighted by molar-refractivity contribution is 6.28. The lowest BCUT2D eigenvalue weighted by Crippen LogP contribution is -2.14. The molecule has 0 saturated heterocycles. The van der Waals surface area contributed by atoms with Crippen molar-refractivity contribution in [3.05, 3.63) is 166 Å². The summed E-state index contributed by atoms with van der Waals surface area (Å²) in [7, 11) is 0. The van der Waals surface area contributed by atoms with E-state index in [1.54, 1.807) is 0 Å². The fourth-order valence-corrected chi connectivity index (χ4v) is 8.16. The van der Waals surface area contributed by atoms with Crippen molar-refractivity contribution in [3.63, 3.8) is 0 Å². The fourth-order valence-electron chi connectivity index (χ4n) is 8.16. The first-order valence-electron chi connectivity index (χ1n) is 17.7. The average molecular weight is 649 g/mol. The molecule has 0 amide bonds. The highest BCUT2D eigenvalue weighted by atomic mass is 15.2. The van der Waals surface area contributed by atoms with E-state index in [9.17, 15) is 0 Å². The largest absolute Gasteiger partial charge is 0.309 e. The number of benzene rings is 8. The Bertz CT molecular complexity index is 2310. The topological polar surface area (TPSA) is 6.48 Å². The van der Waals surface area contributed by atoms with Crippen molar-refractivity contribution in [2.75, 3.05) is 9.80 Å². The molecule has 0 aliphatic rings. The zero-order valence-corrected chi connectivity index (χ0v) is 30.4. The Kier molecular flexibility index (Phi) is 7.64. The highest BCUT2D eigenvalue weighted by Crippen LogP contribution is 2.49. The van der Waals surface area contributed by atoms with E-state index < -0.39 is 0 Å². The molecule has 0 aliphatic carbocycles. The first-order chi connectivity index (χ1) is 24.1. The average Bonchev–Trinajstić information content (AvgIpc) is 3.08. The van der Waals surface area contributed by atoms with Gasteiger partial charge in [-0.2, -0.15) is 0 Å². The normalized spacial score (nSPS) is 11.6. The molecule has 0 saturated carbocycles. The summed E-state index contributed by atoms with van der Waals surface area (Å²) in [5.41, 5.74) is 17.3. The van der Waals surface area contributed by atoms with Crippen LogP contribution < -0.4 is 9.80 Å². The summed E-state index contributed by atoms with van der Waals surface area (Å²) in [6.07, 6.45) is 0. The molecular weight excluding hydrogens is 605 g/mol. The molecule has 8 aromatic carbocycles. The van der Waals surface area contributed by atoms with Crippen molar-refractivity contribution in [1.29, 1.82) is 0 Å². The summed E-state index contributed by atoms with van der Waals surface area (Å²) >= 11 is 0.